The molecule has 35 heavy (non-hydrogen) atoms. The Kier molecular flexibility index (Phi) is 7.30. The van der Waals surface area contributed by atoms with Crippen LogP contribution in [-0.4, -0.2) is 33.5 Å². The lowest BCUT2D eigenvalue weighted by Gasteiger charge is -2.31. The van der Waals surface area contributed by atoms with E-state index in [2.05, 4.69) is 0 Å². The lowest BCUT2D eigenvalue weighted by Crippen LogP contribution is -2.40. The van der Waals surface area contributed by atoms with Gasteiger partial charge in [0.2, 0.25) is 0 Å². The Morgan fingerprint density at radius 2 is 1.69 bits per heavy atom. The second-order valence-corrected chi connectivity index (χ2v) is 8.60. The molecule has 1 aromatic heterocycles. The van der Waals surface area contributed by atoms with E-state index in [1.165, 1.54) is 0 Å². The topological polar surface area (TPSA) is 64.4 Å². The van der Waals surface area contributed by atoms with Crippen LogP contribution in [0.25, 0.3) is 16.6 Å². The van der Waals surface area contributed by atoms with Gasteiger partial charge in [0, 0.05) is 6.54 Å². The Balaban J connectivity index is 1.81. The molecule has 0 aliphatic rings. The summed E-state index contributed by atoms with van der Waals surface area (Å²) >= 11 is 0. The van der Waals surface area contributed by atoms with Crippen LogP contribution in [0.1, 0.15) is 43.3 Å². The van der Waals surface area contributed by atoms with Crippen LogP contribution in [0.15, 0.2) is 77.6 Å². The third-order valence-electron chi connectivity index (χ3n) is 6.38. The van der Waals surface area contributed by atoms with Crippen molar-refractivity contribution in [1.82, 2.24) is 14.5 Å². The molecule has 1 amide bonds. The summed E-state index contributed by atoms with van der Waals surface area (Å²) in [5.41, 5.74) is 3.45. The van der Waals surface area contributed by atoms with Crippen LogP contribution in [0.3, 0.4) is 0 Å². The first-order chi connectivity index (χ1) is 16.9. The minimum Gasteiger partial charge on any atom is -0.484 e. The number of aryl methyl sites for hydroxylation is 2. The Bertz CT molecular complexity index is 1400. The first-order valence-corrected chi connectivity index (χ1v) is 12.0. The molecular weight excluding hydrogens is 438 g/mol. The van der Waals surface area contributed by atoms with Crippen LogP contribution < -0.4 is 10.3 Å². The number of ether oxygens (including phenoxy) is 1. The number of aromatic nitrogens is 2. The monoisotopic (exact) mass is 469 g/mol. The van der Waals surface area contributed by atoms with E-state index in [0.29, 0.717) is 35.4 Å². The van der Waals surface area contributed by atoms with Gasteiger partial charge in [-0.05, 0) is 74.7 Å². The molecule has 6 heteroatoms. The lowest BCUT2D eigenvalue weighted by atomic mass is 10.1. The molecule has 4 rings (SSSR count). The number of benzene rings is 3. The molecule has 0 aliphatic heterocycles. The van der Waals surface area contributed by atoms with Crippen LogP contribution >= 0.6 is 0 Å². The molecule has 0 saturated heterocycles. The van der Waals surface area contributed by atoms with Crippen molar-refractivity contribution in [2.45, 2.75) is 40.2 Å². The molecule has 180 valence electrons. The highest BCUT2D eigenvalue weighted by molar-refractivity contribution is 5.79. The molecule has 0 aliphatic carbocycles. The molecule has 1 unspecified atom stereocenters. The molecule has 0 spiro atoms. The van der Waals surface area contributed by atoms with Crippen LogP contribution in [0.5, 0.6) is 5.75 Å². The van der Waals surface area contributed by atoms with E-state index in [-0.39, 0.29) is 18.1 Å². The normalized spacial score (nSPS) is 11.9. The van der Waals surface area contributed by atoms with Gasteiger partial charge in [0.1, 0.15) is 11.6 Å². The van der Waals surface area contributed by atoms with Crippen molar-refractivity contribution in [3.05, 3.63) is 100 Å². The van der Waals surface area contributed by atoms with Crippen molar-refractivity contribution in [1.29, 1.82) is 0 Å². The molecular formula is C29H31N3O3. The fourth-order valence-corrected chi connectivity index (χ4v) is 4.35. The largest absolute Gasteiger partial charge is 0.484 e. The molecule has 0 bridgehead atoms. The van der Waals surface area contributed by atoms with Crippen molar-refractivity contribution in [3.63, 3.8) is 0 Å². The third kappa shape index (κ3) is 4.97. The van der Waals surface area contributed by atoms with Crippen molar-refractivity contribution < 1.29 is 9.53 Å². The van der Waals surface area contributed by atoms with E-state index in [4.69, 9.17) is 9.72 Å². The molecule has 1 atom stereocenters. The zero-order valence-electron chi connectivity index (χ0n) is 20.7. The second kappa shape index (κ2) is 10.6. The van der Waals surface area contributed by atoms with Crippen LogP contribution in [0, 0.1) is 13.8 Å². The highest BCUT2D eigenvalue weighted by Gasteiger charge is 2.28. The number of carbonyl (C=O) groups excluding carboxylic acids is 1. The quantitative estimate of drug-likeness (QED) is 0.347. The zero-order chi connectivity index (χ0) is 24.9. The fourth-order valence-electron chi connectivity index (χ4n) is 4.35. The Morgan fingerprint density at radius 1 is 0.971 bits per heavy atom. The maximum atomic E-state index is 13.8. The molecule has 3 aromatic carbocycles. The maximum Gasteiger partial charge on any atom is 0.266 e. The van der Waals surface area contributed by atoms with Gasteiger partial charge in [-0.2, -0.15) is 0 Å². The van der Waals surface area contributed by atoms with Crippen molar-refractivity contribution in [2.75, 3.05) is 13.2 Å². The highest BCUT2D eigenvalue weighted by atomic mass is 16.5. The molecule has 0 saturated carbocycles. The number of fused-ring (bicyclic) bond motifs is 1. The Hall–Kier alpha value is -3.93. The summed E-state index contributed by atoms with van der Waals surface area (Å²) in [7, 11) is 0. The molecule has 4 aromatic rings. The van der Waals surface area contributed by atoms with E-state index in [1.807, 2.05) is 94.4 Å². The Labute approximate surface area is 205 Å². The number of carbonyl (C=O) groups is 1. The average molecular weight is 470 g/mol. The van der Waals surface area contributed by atoms with Gasteiger partial charge in [-0.1, -0.05) is 43.3 Å². The molecule has 0 N–H and O–H groups in total. The maximum absolute atomic E-state index is 13.8. The number of likely N-dealkylation sites (N-methyl/N-ethyl adjacent to an activating group) is 1. The van der Waals surface area contributed by atoms with Gasteiger partial charge in [0.25, 0.3) is 11.5 Å². The molecule has 0 radical (unpaired) electrons. The van der Waals surface area contributed by atoms with Crippen LogP contribution in [0.4, 0.5) is 0 Å². The first kappa shape index (κ1) is 24.2. The van der Waals surface area contributed by atoms with Crippen molar-refractivity contribution >= 4 is 16.8 Å². The summed E-state index contributed by atoms with van der Waals surface area (Å²) in [6, 6.07) is 22.2. The standard InChI is InChI=1S/C29H31N3O3/c1-5-26(31(6-2)27(33)19-35-23-12-8-7-9-13-23)28-30-25-15-11-10-14-24(25)29(34)32(28)22-17-16-20(3)21(4)18-22/h7-18,26H,5-6,19H2,1-4H3. The number of hydrogen-bond acceptors (Lipinski definition) is 4. The van der Waals surface area contributed by atoms with Crippen molar-refractivity contribution in [3.8, 4) is 11.4 Å². The van der Waals surface area contributed by atoms with Gasteiger partial charge in [-0.25, -0.2) is 4.98 Å². The van der Waals surface area contributed by atoms with Gasteiger partial charge in [0.15, 0.2) is 6.61 Å². The molecule has 0 fully saturated rings. The third-order valence-corrected chi connectivity index (χ3v) is 6.38. The summed E-state index contributed by atoms with van der Waals surface area (Å²) in [5, 5.41) is 0.547. The van der Waals surface area contributed by atoms with E-state index in [9.17, 15) is 9.59 Å². The van der Waals surface area contributed by atoms with Gasteiger partial charge >= 0.3 is 0 Å². The summed E-state index contributed by atoms with van der Waals surface area (Å²) in [6.07, 6.45) is 0.598. The summed E-state index contributed by atoms with van der Waals surface area (Å²) < 4.78 is 7.40. The fraction of sp³-hybridized carbons (Fsp3) is 0.276. The lowest BCUT2D eigenvalue weighted by molar-refractivity contribution is -0.136. The SMILES string of the molecule is CCC(c1nc2ccccc2c(=O)n1-c1ccc(C)c(C)c1)N(CC)C(=O)COc1ccccc1. The van der Waals surface area contributed by atoms with Gasteiger partial charge in [-0.15, -0.1) is 0 Å². The number of hydrogen-bond donors (Lipinski definition) is 0. The Morgan fingerprint density at radius 3 is 2.37 bits per heavy atom. The van der Waals surface area contributed by atoms with Crippen molar-refractivity contribution in [2.24, 2.45) is 0 Å². The molecule has 1 heterocycles. The van der Waals surface area contributed by atoms with E-state index in [1.54, 1.807) is 15.5 Å². The van der Waals surface area contributed by atoms with E-state index >= 15 is 0 Å². The first-order valence-electron chi connectivity index (χ1n) is 12.0. The minimum atomic E-state index is -0.397. The van der Waals surface area contributed by atoms with E-state index < -0.39 is 6.04 Å². The predicted molar refractivity (Wildman–Crippen MR) is 139 cm³/mol. The van der Waals surface area contributed by atoms with Gasteiger partial charge in [-0.3, -0.25) is 14.2 Å². The van der Waals surface area contributed by atoms with Crippen LogP contribution in [-0.2, 0) is 4.79 Å². The predicted octanol–water partition coefficient (Wildman–Crippen LogP) is 5.38. The van der Waals surface area contributed by atoms with Gasteiger partial charge < -0.3 is 9.64 Å². The summed E-state index contributed by atoms with van der Waals surface area (Å²) in [5.74, 6) is 1.03. The summed E-state index contributed by atoms with van der Waals surface area (Å²) in [4.78, 5) is 33.7. The minimum absolute atomic E-state index is 0.0875. The highest BCUT2D eigenvalue weighted by Crippen LogP contribution is 2.27. The number of rotatable bonds is 8. The van der Waals surface area contributed by atoms with Crippen LogP contribution in [0.2, 0.25) is 0 Å². The zero-order valence-corrected chi connectivity index (χ0v) is 20.7. The summed E-state index contributed by atoms with van der Waals surface area (Å²) in [6.45, 7) is 8.38. The molecule has 6 nitrogen and oxygen atoms in total. The number of para-hydroxylation sites is 2. The smallest absolute Gasteiger partial charge is 0.266 e. The average Bonchev–Trinajstić information content (AvgIpc) is 2.88. The van der Waals surface area contributed by atoms with E-state index in [0.717, 1.165) is 16.8 Å². The second-order valence-electron chi connectivity index (χ2n) is 8.60. The van der Waals surface area contributed by atoms with Gasteiger partial charge in [0.05, 0.1) is 22.6 Å². The number of nitrogens with zero attached hydrogens (tertiary/aromatic N) is 3. The number of amides is 1.